The van der Waals surface area contributed by atoms with E-state index in [4.69, 9.17) is 16.6 Å². The minimum atomic E-state index is 0.758. The van der Waals surface area contributed by atoms with Crippen LogP contribution in [0.15, 0.2) is 72.8 Å². The van der Waals surface area contributed by atoms with Crippen LogP contribution in [0.4, 0.5) is 0 Å². The van der Waals surface area contributed by atoms with Crippen LogP contribution in [0.25, 0.3) is 22.4 Å². The monoisotopic (exact) mass is 332 g/mol. The summed E-state index contributed by atoms with van der Waals surface area (Å²) in [6.45, 7) is 2.87. The summed E-state index contributed by atoms with van der Waals surface area (Å²) < 4.78 is 2.27. The van der Waals surface area contributed by atoms with Gasteiger partial charge in [-0.1, -0.05) is 59.6 Å². The molecule has 2 nitrogen and oxygen atoms in total. The van der Waals surface area contributed by atoms with Crippen LogP contribution in [0.1, 0.15) is 11.1 Å². The predicted molar refractivity (Wildman–Crippen MR) is 100 cm³/mol. The fourth-order valence-corrected chi connectivity index (χ4v) is 3.14. The number of hydrogen-bond acceptors (Lipinski definition) is 1. The molecule has 1 aromatic heterocycles. The topological polar surface area (TPSA) is 17.8 Å². The number of para-hydroxylation sites is 2. The largest absolute Gasteiger partial charge is 0.319 e. The Labute approximate surface area is 146 Å². The summed E-state index contributed by atoms with van der Waals surface area (Å²) >= 11 is 6.01. The Morgan fingerprint density at radius 3 is 2.50 bits per heavy atom. The minimum absolute atomic E-state index is 0.758. The Morgan fingerprint density at radius 1 is 0.917 bits per heavy atom. The number of nitrogens with zero attached hydrogens (tertiary/aromatic N) is 2. The summed E-state index contributed by atoms with van der Waals surface area (Å²) in [6, 6.07) is 24.8. The highest BCUT2D eigenvalue weighted by molar-refractivity contribution is 6.30. The third kappa shape index (κ3) is 2.81. The second-order valence-electron chi connectivity index (χ2n) is 6.01. The van der Waals surface area contributed by atoms with Crippen LogP contribution in [0, 0.1) is 6.92 Å². The number of halogens is 1. The van der Waals surface area contributed by atoms with Crippen molar-refractivity contribution in [2.24, 2.45) is 0 Å². The van der Waals surface area contributed by atoms with Gasteiger partial charge < -0.3 is 4.57 Å². The third-order valence-corrected chi connectivity index (χ3v) is 4.44. The van der Waals surface area contributed by atoms with Crippen molar-refractivity contribution in [1.29, 1.82) is 0 Å². The van der Waals surface area contributed by atoms with E-state index in [1.165, 1.54) is 11.1 Å². The van der Waals surface area contributed by atoms with Gasteiger partial charge in [0.15, 0.2) is 0 Å². The smallest absolute Gasteiger partial charge is 0.141 e. The van der Waals surface area contributed by atoms with Crippen molar-refractivity contribution in [2.45, 2.75) is 13.5 Å². The van der Waals surface area contributed by atoms with Crippen molar-refractivity contribution in [2.75, 3.05) is 0 Å². The van der Waals surface area contributed by atoms with Crippen LogP contribution in [-0.2, 0) is 6.54 Å². The van der Waals surface area contributed by atoms with Gasteiger partial charge in [0.1, 0.15) is 5.82 Å². The summed E-state index contributed by atoms with van der Waals surface area (Å²) in [7, 11) is 0. The first-order valence-electron chi connectivity index (χ1n) is 7.97. The average molecular weight is 333 g/mol. The highest BCUT2D eigenvalue weighted by Crippen LogP contribution is 2.26. The maximum absolute atomic E-state index is 6.01. The molecule has 0 bridgehead atoms. The molecule has 1 heterocycles. The van der Waals surface area contributed by atoms with E-state index < -0.39 is 0 Å². The van der Waals surface area contributed by atoms with Gasteiger partial charge in [0.2, 0.25) is 0 Å². The molecule has 4 rings (SSSR count). The number of aryl methyl sites for hydroxylation is 1. The maximum Gasteiger partial charge on any atom is 0.141 e. The van der Waals surface area contributed by atoms with Gasteiger partial charge in [-0.3, -0.25) is 0 Å². The molecule has 0 atom stereocenters. The lowest BCUT2D eigenvalue weighted by Crippen LogP contribution is -2.02. The molecule has 0 aliphatic heterocycles. The lowest BCUT2D eigenvalue weighted by molar-refractivity contribution is 0.834. The molecule has 3 heteroatoms. The molecule has 0 unspecified atom stereocenters. The van der Waals surface area contributed by atoms with Crippen molar-refractivity contribution < 1.29 is 0 Å². The molecule has 0 fully saturated rings. The van der Waals surface area contributed by atoms with Crippen molar-refractivity contribution in [3.63, 3.8) is 0 Å². The van der Waals surface area contributed by atoms with E-state index in [1.807, 2.05) is 18.2 Å². The molecule has 0 aliphatic rings. The fraction of sp³-hybridized carbons (Fsp3) is 0.0952. The number of rotatable bonds is 3. The summed E-state index contributed by atoms with van der Waals surface area (Å²) in [5, 5.41) is 0.758. The van der Waals surface area contributed by atoms with Crippen molar-refractivity contribution >= 4 is 22.6 Å². The van der Waals surface area contributed by atoms with Gasteiger partial charge in [-0.05, 0) is 42.8 Å². The van der Waals surface area contributed by atoms with E-state index in [2.05, 4.69) is 66.1 Å². The van der Waals surface area contributed by atoms with E-state index in [9.17, 15) is 0 Å². The zero-order valence-electron chi connectivity index (χ0n) is 13.4. The van der Waals surface area contributed by atoms with Crippen molar-refractivity contribution in [3.05, 3.63) is 88.9 Å². The number of imidazole rings is 1. The van der Waals surface area contributed by atoms with Crippen LogP contribution in [-0.4, -0.2) is 9.55 Å². The normalized spacial score (nSPS) is 11.1. The first-order chi connectivity index (χ1) is 11.7. The molecule has 24 heavy (non-hydrogen) atoms. The Kier molecular flexibility index (Phi) is 3.83. The van der Waals surface area contributed by atoms with Crippen LogP contribution in [0.2, 0.25) is 5.02 Å². The van der Waals surface area contributed by atoms with Gasteiger partial charge >= 0.3 is 0 Å². The lowest BCUT2D eigenvalue weighted by Gasteiger charge is -2.10. The van der Waals surface area contributed by atoms with Gasteiger partial charge in [0, 0.05) is 17.1 Å². The van der Waals surface area contributed by atoms with E-state index >= 15 is 0 Å². The minimum Gasteiger partial charge on any atom is -0.319 e. The standard InChI is InChI=1S/C21H17ClN2/c1-15-5-4-6-17(13-15)21-23-19-7-2-3-8-20(19)24(21)14-16-9-11-18(22)12-10-16/h2-13H,14H2,1H3. The SMILES string of the molecule is Cc1cccc(-c2nc3ccccc3n2Cc2ccc(Cl)cc2)c1. The molecule has 4 aromatic rings. The molecule has 0 aliphatic carbocycles. The zero-order chi connectivity index (χ0) is 16.5. The van der Waals surface area contributed by atoms with E-state index in [1.54, 1.807) is 0 Å². The van der Waals surface area contributed by atoms with E-state index in [0.29, 0.717) is 0 Å². The summed E-state index contributed by atoms with van der Waals surface area (Å²) in [5.74, 6) is 0.995. The van der Waals surface area contributed by atoms with Crippen LogP contribution in [0.3, 0.4) is 0 Å². The molecule has 0 amide bonds. The van der Waals surface area contributed by atoms with Crippen molar-refractivity contribution in [1.82, 2.24) is 9.55 Å². The van der Waals surface area contributed by atoms with Crippen LogP contribution >= 0.6 is 11.6 Å². The van der Waals surface area contributed by atoms with Crippen molar-refractivity contribution in [3.8, 4) is 11.4 Å². The average Bonchev–Trinajstić information content (AvgIpc) is 2.96. The zero-order valence-corrected chi connectivity index (χ0v) is 14.2. The maximum atomic E-state index is 6.01. The van der Waals surface area contributed by atoms with Crippen LogP contribution < -0.4 is 0 Å². The highest BCUT2D eigenvalue weighted by atomic mass is 35.5. The Bertz CT molecular complexity index is 1000. The first-order valence-corrected chi connectivity index (χ1v) is 8.35. The highest BCUT2D eigenvalue weighted by Gasteiger charge is 2.12. The number of aromatic nitrogens is 2. The summed E-state index contributed by atoms with van der Waals surface area (Å²) in [4.78, 5) is 4.87. The molecule has 3 aromatic carbocycles. The summed E-state index contributed by atoms with van der Waals surface area (Å²) in [6.07, 6.45) is 0. The summed E-state index contributed by atoms with van der Waals surface area (Å²) in [5.41, 5.74) is 5.74. The Hall–Kier alpha value is -2.58. The molecule has 0 spiro atoms. The first kappa shape index (κ1) is 15.0. The second-order valence-corrected chi connectivity index (χ2v) is 6.44. The molecular weight excluding hydrogens is 316 g/mol. The molecule has 0 saturated heterocycles. The third-order valence-electron chi connectivity index (χ3n) is 4.18. The number of fused-ring (bicyclic) bond motifs is 1. The number of benzene rings is 3. The molecule has 0 saturated carbocycles. The molecule has 118 valence electrons. The van der Waals surface area contributed by atoms with Gasteiger partial charge in [0.05, 0.1) is 11.0 Å². The Morgan fingerprint density at radius 2 is 1.71 bits per heavy atom. The van der Waals surface area contributed by atoms with Gasteiger partial charge in [-0.25, -0.2) is 4.98 Å². The van der Waals surface area contributed by atoms with Crippen LogP contribution in [0.5, 0.6) is 0 Å². The molecule has 0 N–H and O–H groups in total. The van der Waals surface area contributed by atoms with Gasteiger partial charge in [-0.2, -0.15) is 0 Å². The van der Waals surface area contributed by atoms with Gasteiger partial charge in [-0.15, -0.1) is 0 Å². The number of hydrogen-bond donors (Lipinski definition) is 0. The second kappa shape index (κ2) is 6.14. The quantitative estimate of drug-likeness (QED) is 0.469. The molecule has 0 radical (unpaired) electrons. The van der Waals surface area contributed by atoms with E-state index in [-0.39, 0.29) is 0 Å². The van der Waals surface area contributed by atoms with E-state index in [0.717, 1.165) is 34.0 Å². The van der Waals surface area contributed by atoms with Gasteiger partial charge in [0.25, 0.3) is 0 Å². The Balaban J connectivity index is 1.88. The lowest BCUT2D eigenvalue weighted by atomic mass is 10.1. The fourth-order valence-electron chi connectivity index (χ4n) is 3.01. The predicted octanol–water partition coefficient (Wildman–Crippen LogP) is 5.71. The molecular formula is C21H17ClN2.